The van der Waals surface area contributed by atoms with Crippen LogP contribution in [0.15, 0.2) is 40.8 Å². The molecule has 2 heterocycles. The Kier molecular flexibility index (Phi) is 4.92. The lowest BCUT2D eigenvalue weighted by atomic mass is 10.1. The summed E-state index contributed by atoms with van der Waals surface area (Å²) in [5.74, 6) is -1.55. The molecule has 2 amide bonds. The lowest BCUT2D eigenvalue weighted by Gasteiger charge is -2.12. The van der Waals surface area contributed by atoms with Gasteiger partial charge in [-0.05, 0) is 37.6 Å². The number of carbonyl (C=O) groups excluding carboxylic acids is 2. The third-order valence-electron chi connectivity index (χ3n) is 4.87. The first-order valence-corrected chi connectivity index (χ1v) is 9.12. The Morgan fingerprint density at radius 3 is 2.66 bits per heavy atom. The second-order valence-corrected chi connectivity index (χ2v) is 6.76. The van der Waals surface area contributed by atoms with Gasteiger partial charge < -0.3 is 19.8 Å². The molecule has 8 heteroatoms. The van der Waals surface area contributed by atoms with Crippen molar-refractivity contribution in [3.8, 4) is 5.75 Å². The number of aryl methyl sites for hydroxylation is 1. The van der Waals surface area contributed by atoms with Crippen molar-refractivity contribution in [3.63, 3.8) is 0 Å². The zero-order chi connectivity index (χ0) is 20.5. The van der Waals surface area contributed by atoms with Gasteiger partial charge in [0.2, 0.25) is 5.91 Å². The van der Waals surface area contributed by atoms with Crippen LogP contribution in [0, 0.1) is 18.6 Å². The summed E-state index contributed by atoms with van der Waals surface area (Å²) in [4.78, 5) is 24.6. The Morgan fingerprint density at radius 2 is 1.97 bits per heavy atom. The fourth-order valence-electron chi connectivity index (χ4n) is 3.41. The minimum atomic E-state index is -0.717. The van der Waals surface area contributed by atoms with E-state index in [9.17, 15) is 18.4 Å². The van der Waals surface area contributed by atoms with Crippen molar-refractivity contribution in [2.75, 3.05) is 6.54 Å². The monoisotopic (exact) mass is 400 g/mol. The van der Waals surface area contributed by atoms with E-state index in [2.05, 4.69) is 10.6 Å². The molecule has 1 aromatic heterocycles. The molecule has 150 valence electrons. The summed E-state index contributed by atoms with van der Waals surface area (Å²) >= 11 is 0. The number of halogens is 2. The molecule has 0 aliphatic carbocycles. The van der Waals surface area contributed by atoms with E-state index >= 15 is 0 Å². The van der Waals surface area contributed by atoms with Gasteiger partial charge >= 0.3 is 0 Å². The number of furan rings is 1. The molecule has 0 bridgehead atoms. The average molecular weight is 400 g/mol. The smallest absolute Gasteiger partial charge is 0.256 e. The third-order valence-corrected chi connectivity index (χ3v) is 4.87. The van der Waals surface area contributed by atoms with E-state index in [-0.39, 0.29) is 29.4 Å². The summed E-state index contributed by atoms with van der Waals surface area (Å²) in [5.41, 5.74) is 0.415. The van der Waals surface area contributed by atoms with Crippen molar-refractivity contribution in [2.24, 2.45) is 0 Å². The van der Waals surface area contributed by atoms with Gasteiger partial charge in [-0.2, -0.15) is 0 Å². The van der Waals surface area contributed by atoms with Crippen LogP contribution in [0.1, 0.15) is 28.1 Å². The van der Waals surface area contributed by atoms with Crippen molar-refractivity contribution in [2.45, 2.75) is 26.0 Å². The predicted molar refractivity (Wildman–Crippen MR) is 101 cm³/mol. The quantitative estimate of drug-likeness (QED) is 0.689. The molecule has 1 fully saturated rings. The Morgan fingerprint density at radius 1 is 1.24 bits per heavy atom. The van der Waals surface area contributed by atoms with Gasteiger partial charge in [0.1, 0.15) is 41.4 Å². The van der Waals surface area contributed by atoms with Gasteiger partial charge in [0.05, 0.1) is 16.5 Å². The second kappa shape index (κ2) is 7.54. The standard InChI is InChI=1S/C21H18F2N2O4/c1-11-18(21(27)25-15-8-9-24-20(15)26)19-16(6-3-7-17(19)29-11)28-10-12-13(22)4-2-5-14(12)23/h2-7,15H,8-10H2,1H3,(H,24,26)(H,25,27). The molecule has 3 aromatic rings. The van der Waals surface area contributed by atoms with Gasteiger partial charge in [-0.3, -0.25) is 9.59 Å². The third kappa shape index (κ3) is 3.53. The maximum absolute atomic E-state index is 13.9. The van der Waals surface area contributed by atoms with E-state index in [1.807, 2.05) is 0 Å². The summed E-state index contributed by atoms with van der Waals surface area (Å²) in [7, 11) is 0. The lowest BCUT2D eigenvalue weighted by Crippen LogP contribution is -2.40. The van der Waals surface area contributed by atoms with E-state index in [1.54, 1.807) is 25.1 Å². The van der Waals surface area contributed by atoms with Gasteiger partial charge in [-0.1, -0.05) is 12.1 Å². The molecule has 2 aromatic carbocycles. The number of nitrogens with one attached hydrogen (secondary N) is 2. The Labute approximate surface area is 164 Å². The van der Waals surface area contributed by atoms with E-state index in [0.29, 0.717) is 29.7 Å². The molecule has 0 radical (unpaired) electrons. The predicted octanol–water partition coefficient (Wildman–Crippen LogP) is 3.22. The topological polar surface area (TPSA) is 80.6 Å². The van der Waals surface area contributed by atoms with E-state index in [4.69, 9.17) is 9.15 Å². The van der Waals surface area contributed by atoms with Crippen LogP contribution in [-0.2, 0) is 11.4 Å². The molecule has 0 spiro atoms. The van der Waals surface area contributed by atoms with Gasteiger partial charge in [-0.25, -0.2) is 8.78 Å². The summed E-state index contributed by atoms with van der Waals surface area (Å²) in [6, 6.07) is 7.87. The van der Waals surface area contributed by atoms with Crippen molar-refractivity contribution in [1.29, 1.82) is 0 Å². The average Bonchev–Trinajstić information content (AvgIpc) is 3.23. The maximum atomic E-state index is 13.9. The number of amides is 2. The highest BCUT2D eigenvalue weighted by Gasteiger charge is 2.29. The maximum Gasteiger partial charge on any atom is 0.256 e. The van der Waals surface area contributed by atoms with Crippen LogP contribution in [0.5, 0.6) is 5.75 Å². The molecular formula is C21H18F2N2O4. The minimum absolute atomic E-state index is 0.210. The van der Waals surface area contributed by atoms with Crippen LogP contribution in [0.4, 0.5) is 8.78 Å². The number of benzene rings is 2. The molecule has 2 N–H and O–H groups in total. The first-order valence-electron chi connectivity index (χ1n) is 9.12. The Balaban J connectivity index is 1.66. The molecule has 1 saturated heterocycles. The van der Waals surface area contributed by atoms with Gasteiger partial charge in [0.25, 0.3) is 5.91 Å². The van der Waals surface area contributed by atoms with Crippen LogP contribution in [0.2, 0.25) is 0 Å². The van der Waals surface area contributed by atoms with Crippen molar-refractivity contribution in [1.82, 2.24) is 10.6 Å². The van der Waals surface area contributed by atoms with Gasteiger partial charge in [0.15, 0.2) is 0 Å². The lowest BCUT2D eigenvalue weighted by molar-refractivity contribution is -0.120. The zero-order valence-corrected chi connectivity index (χ0v) is 15.6. The van der Waals surface area contributed by atoms with Crippen molar-refractivity contribution in [3.05, 3.63) is 64.9 Å². The summed E-state index contributed by atoms with van der Waals surface area (Å²) in [6.07, 6.45) is 0.495. The second-order valence-electron chi connectivity index (χ2n) is 6.76. The molecule has 29 heavy (non-hydrogen) atoms. The molecule has 0 saturated carbocycles. The van der Waals surface area contributed by atoms with E-state index < -0.39 is 23.6 Å². The van der Waals surface area contributed by atoms with Crippen LogP contribution < -0.4 is 15.4 Å². The first-order chi connectivity index (χ1) is 14.0. The summed E-state index contributed by atoms with van der Waals surface area (Å²) < 4.78 is 39.1. The highest BCUT2D eigenvalue weighted by Crippen LogP contribution is 2.34. The number of hydrogen-bond donors (Lipinski definition) is 2. The largest absolute Gasteiger partial charge is 0.488 e. The SMILES string of the molecule is Cc1oc2cccc(OCc3c(F)cccc3F)c2c1C(=O)NC1CCNC1=O. The molecule has 4 rings (SSSR count). The molecule has 6 nitrogen and oxygen atoms in total. The van der Waals surface area contributed by atoms with Crippen LogP contribution >= 0.6 is 0 Å². The fraction of sp³-hybridized carbons (Fsp3) is 0.238. The zero-order valence-electron chi connectivity index (χ0n) is 15.6. The van der Waals surface area contributed by atoms with Crippen molar-refractivity contribution < 1.29 is 27.5 Å². The number of fused-ring (bicyclic) bond motifs is 1. The molecule has 1 aliphatic rings. The number of hydrogen-bond acceptors (Lipinski definition) is 4. The van der Waals surface area contributed by atoms with E-state index in [0.717, 1.165) is 12.1 Å². The van der Waals surface area contributed by atoms with Gasteiger partial charge in [0, 0.05) is 6.54 Å². The number of carbonyl (C=O) groups is 2. The molecule has 1 unspecified atom stereocenters. The highest BCUT2D eigenvalue weighted by atomic mass is 19.1. The molecule has 1 atom stereocenters. The Bertz CT molecular complexity index is 1090. The Hall–Kier alpha value is -3.42. The van der Waals surface area contributed by atoms with Gasteiger partial charge in [-0.15, -0.1) is 0 Å². The normalized spacial score (nSPS) is 16.1. The van der Waals surface area contributed by atoms with Crippen LogP contribution in [-0.4, -0.2) is 24.4 Å². The molecular weight excluding hydrogens is 382 g/mol. The van der Waals surface area contributed by atoms with E-state index in [1.165, 1.54) is 6.07 Å². The molecule has 1 aliphatic heterocycles. The van der Waals surface area contributed by atoms with Crippen molar-refractivity contribution >= 4 is 22.8 Å². The minimum Gasteiger partial charge on any atom is -0.488 e. The summed E-state index contributed by atoms with van der Waals surface area (Å²) in [5, 5.41) is 5.74. The van der Waals surface area contributed by atoms with Crippen LogP contribution in [0.25, 0.3) is 11.0 Å². The fourth-order valence-corrected chi connectivity index (χ4v) is 3.41. The number of rotatable bonds is 5. The first kappa shape index (κ1) is 18.9. The highest BCUT2D eigenvalue weighted by molar-refractivity contribution is 6.10. The number of ether oxygens (including phenoxy) is 1. The summed E-state index contributed by atoms with van der Waals surface area (Å²) in [6.45, 7) is 1.77. The van der Waals surface area contributed by atoms with Crippen LogP contribution in [0.3, 0.4) is 0 Å².